The lowest BCUT2D eigenvalue weighted by Gasteiger charge is -2.24. The number of non-ortho nitro benzene ring substituents is 3. The molecule has 0 aromatic heterocycles. The van der Waals surface area contributed by atoms with Crippen LogP contribution in [0, 0.1) is 54.0 Å². The number of nitro groups is 3. The Bertz CT molecular complexity index is 4290. The monoisotopic (exact) mass is 1660 g/mol. The number of hydrogen-bond acceptors (Lipinski definition) is 25. The molecule has 2 aliphatic rings. The maximum absolute atomic E-state index is 13.5. The van der Waals surface area contributed by atoms with Crippen molar-refractivity contribution >= 4 is 112 Å². The summed E-state index contributed by atoms with van der Waals surface area (Å²) in [5, 5.41) is 57.1. The summed E-state index contributed by atoms with van der Waals surface area (Å²) < 4.78 is 35.2. The van der Waals surface area contributed by atoms with Gasteiger partial charge in [-0.2, -0.15) is 0 Å². The molecular weight excluding hydrogens is 1560 g/mol. The zero-order valence-electron chi connectivity index (χ0n) is 66.2. The molecule has 0 saturated carbocycles. The number of nitrogens with one attached hydrogen (secondary N) is 6. The lowest BCUT2D eigenvalue weighted by molar-refractivity contribution is -0.385. The molecular formula is C80H100FN13O25. The molecule has 0 aliphatic carbocycles. The molecule has 39 heteroatoms. The maximum Gasteiger partial charge on any atom is 0.519 e. The normalized spacial score (nSPS) is 12.8. The molecule has 2 aliphatic heterocycles. The van der Waals surface area contributed by atoms with Gasteiger partial charge in [-0.15, -0.1) is 0 Å². The average molecular weight is 1660 g/mol. The highest BCUT2D eigenvalue weighted by molar-refractivity contribution is 6.13. The fraction of sp³-hybridized carbons (Fsp3) is 0.400. The summed E-state index contributed by atoms with van der Waals surface area (Å²) in [5.41, 5.74) is 12.0. The third-order valence-corrected chi connectivity index (χ3v) is 17.5. The number of hydrogen-bond donors (Lipinski definition) is 9. The number of nitrogens with two attached hydrogens (primary N) is 2. The first-order chi connectivity index (χ1) is 56.6. The van der Waals surface area contributed by atoms with E-state index in [0.29, 0.717) is 86.8 Å². The van der Waals surface area contributed by atoms with E-state index in [1.165, 1.54) is 97.1 Å². The van der Waals surface area contributed by atoms with Crippen LogP contribution < -0.4 is 57.6 Å². The van der Waals surface area contributed by atoms with Crippen LogP contribution in [0.15, 0.2) is 146 Å². The van der Waals surface area contributed by atoms with Gasteiger partial charge in [-0.3, -0.25) is 92.5 Å². The Morgan fingerprint density at radius 2 is 0.798 bits per heavy atom. The minimum absolute atomic E-state index is 0. The van der Waals surface area contributed by atoms with Crippen molar-refractivity contribution in [2.75, 3.05) is 44.0 Å². The van der Waals surface area contributed by atoms with E-state index in [4.69, 9.17) is 31.8 Å². The molecule has 5 aromatic carbocycles. The molecule has 0 spiro atoms. The van der Waals surface area contributed by atoms with E-state index in [2.05, 4.69) is 31.9 Å². The molecule has 11 N–H and O–H groups in total. The summed E-state index contributed by atoms with van der Waals surface area (Å²) in [6.45, 7) is 7.91. The first kappa shape index (κ1) is 97.6. The number of amides is 12. The van der Waals surface area contributed by atoms with Gasteiger partial charge in [0, 0.05) is 136 Å². The molecule has 7 rings (SSSR count). The van der Waals surface area contributed by atoms with Gasteiger partial charge in [0.2, 0.25) is 23.6 Å². The third kappa shape index (κ3) is 37.2. The van der Waals surface area contributed by atoms with E-state index in [1.807, 2.05) is 13.8 Å². The zero-order chi connectivity index (χ0) is 88.1. The number of primary amides is 2. The Balaban J connectivity index is 0.000000489. The van der Waals surface area contributed by atoms with Gasteiger partial charge in [-0.05, 0) is 135 Å². The highest BCUT2D eigenvalue weighted by Crippen LogP contribution is 2.26. The Hall–Kier alpha value is -13.8. The van der Waals surface area contributed by atoms with Crippen molar-refractivity contribution in [3.63, 3.8) is 0 Å². The quantitative estimate of drug-likeness (QED) is 0.00437. The van der Waals surface area contributed by atoms with Crippen molar-refractivity contribution in [2.45, 2.75) is 150 Å². The molecule has 2 heterocycles. The molecule has 0 unspecified atom stereocenters. The summed E-state index contributed by atoms with van der Waals surface area (Å²) >= 11 is 0. The minimum Gasteiger partial charge on any atom is -0.429 e. The second kappa shape index (κ2) is 52.7. The first-order valence-electron chi connectivity index (χ1n) is 37.8. The largest absolute Gasteiger partial charge is 0.519 e. The van der Waals surface area contributed by atoms with Crippen molar-refractivity contribution in [1.82, 2.24) is 31.1 Å². The molecule has 0 fully saturated rings. The number of alkyl halides is 1. The fourth-order valence-electron chi connectivity index (χ4n) is 11.3. The van der Waals surface area contributed by atoms with Gasteiger partial charge in [-0.1, -0.05) is 72.2 Å². The number of aliphatic hydroxyl groups is 1. The van der Waals surface area contributed by atoms with Gasteiger partial charge >= 0.3 is 24.4 Å². The number of Topliss-reactive ketones (excluding diaryl/α,β-unsaturated/α-hetero) is 2. The van der Waals surface area contributed by atoms with Crippen LogP contribution in [0.4, 0.5) is 52.0 Å². The SMILES string of the molecule is C.CC(C)[C@H](NC(=O)CCCCCN1C(=O)C=CC1=O)C(=O)C[C@@H](CCCNC(N)=O)C(=O)Nc1ccc(CO)cc1.CC(C)[C@H](NC(=O)CCCCCN1C(=O)C=CC1=O)C(=O)C[C@@H](CCCNC(N)=O)C(=O)Nc1ccc(COC(=O)Oc2ccc([N+](=O)[O-])cc2)cc1.O=C(Oc1ccc([N+](=O)[O-])cc1)Oc1ccc([N+](=O)[O-])cc1.[2H]CF. The second-order valence-electron chi connectivity index (χ2n) is 27.0. The molecule has 642 valence electrons. The minimum atomic E-state index is -1.07. The summed E-state index contributed by atoms with van der Waals surface area (Å²) in [5.74, 6) is -5.21. The van der Waals surface area contributed by atoms with Crippen molar-refractivity contribution in [3.8, 4) is 17.2 Å². The van der Waals surface area contributed by atoms with Crippen molar-refractivity contribution in [2.24, 2.45) is 35.1 Å². The van der Waals surface area contributed by atoms with E-state index in [-0.39, 0.29) is 171 Å². The van der Waals surface area contributed by atoms with Crippen LogP contribution in [-0.4, -0.2) is 158 Å². The van der Waals surface area contributed by atoms with E-state index < -0.39 is 76.1 Å². The predicted octanol–water partition coefficient (Wildman–Crippen LogP) is 9.97. The number of ketones is 2. The number of halogens is 1. The van der Waals surface area contributed by atoms with Crippen LogP contribution in [-0.2, 0) is 65.9 Å². The highest BCUT2D eigenvalue weighted by atomic mass is 19.1. The standard InChI is InChI=1S/C36H44N6O11.C29H41N5O7.C13H8N2O7.CH3F.CH4/c1-23(2)33(40-30(44)8-4-3-5-20-41-31(45)17-18-32(41)46)29(43)21-25(7-6-19-38-35(37)48)34(47)39-26-11-9-24(10-12-26)22-52-36(49)53-28-15-13-27(14-16-28)42(50)51;1-19(2)27(33-24(37)8-4-3-5-16-34-25(38)13-14-26(34)39)23(36)17-21(7-6-15-31-29(30)41)28(40)32-22-11-9-20(18-35)10-12-22;16-13(21-11-5-1-9(2-6-11)14(17)18)22-12-7-3-10(4-8-12)15(19)20;1-2;/h9-18,23,25,33H,3-8,19-22H2,1-2H3,(H,39,47)(H,40,44)(H3,37,38,48);9-14,19,21,27,35H,3-8,15-18H2,1-2H3,(H,32,40)(H,33,37)(H3,30,31,41);1-8H;1H3;1H4/t25-,33+;21-,27+;;;/m11.../s1/i;;;1D;. The number of benzene rings is 5. The van der Waals surface area contributed by atoms with E-state index >= 15 is 0 Å². The lowest BCUT2D eigenvalue weighted by Crippen LogP contribution is -2.45. The van der Waals surface area contributed by atoms with E-state index in [0.717, 1.165) is 9.80 Å². The van der Waals surface area contributed by atoms with Crippen LogP contribution in [0.5, 0.6) is 17.2 Å². The van der Waals surface area contributed by atoms with Crippen molar-refractivity contribution in [1.29, 1.82) is 0 Å². The Kier molecular flexibility index (Phi) is 43.2. The summed E-state index contributed by atoms with van der Waals surface area (Å²) in [6.07, 6.45) is 7.53. The summed E-state index contributed by atoms with van der Waals surface area (Å²) in [7, 11) is -1.00. The number of urea groups is 2. The van der Waals surface area contributed by atoms with Gasteiger partial charge < -0.3 is 67.4 Å². The van der Waals surface area contributed by atoms with Crippen LogP contribution in [0.25, 0.3) is 0 Å². The Morgan fingerprint density at radius 3 is 1.10 bits per heavy atom. The fourth-order valence-corrected chi connectivity index (χ4v) is 11.3. The molecule has 5 aromatic rings. The number of ether oxygens (including phenoxy) is 4. The van der Waals surface area contributed by atoms with Crippen LogP contribution in [0.3, 0.4) is 0 Å². The zero-order valence-corrected chi connectivity index (χ0v) is 65.2. The molecule has 38 nitrogen and oxygen atoms in total. The maximum atomic E-state index is 13.5. The molecule has 0 bridgehead atoms. The first-order valence-corrected chi connectivity index (χ1v) is 37.1. The molecule has 0 radical (unpaired) electrons. The number of carbonyl (C=O) groups is 14. The topological polar surface area (TPSA) is 556 Å². The number of nitro benzene ring substituents is 3. The number of nitrogens with zero attached hydrogens (tertiary/aromatic N) is 5. The highest BCUT2D eigenvalue weighted by Gasteiger charge is 2.32. The molecule has 0 saturated heterocycles. The lowest BCUT2D eigenvalue weighted by atomic mass is 9.89. The molecule has 119 heavy (non-hydrogen) atoms. The predicted molar refractivity (Wildman–Crippen MR) is 429 cm³/mol. The van der Waals surface area contributed by atoms with Crippen molar-refractivity contribution < 1.29 is 112 Å². The summed E-state index contributed by atoms with van der Waals surface area (Å²) in [6, 6.07) is 24.6. The van der Waals surface area contributed by atoms with Crippen LogP contribution in [0.1, 0.15) is 138 Å². The number of anilines is 2. The second-order valence-corrected chi connectivity index (χ2v) is 27.0. The van der Waals surface area contributed by atoms with E-state index in [1.54, 1.807) is 62.4 Å². The number of unbranched alkanes of at least 4 members (excludes halogenated alkanes) is 4. The van der Waals surface area contributed by atoms with Crippen LogP contribution in [0.2, 0.25) is 0 Å². The Labute approximate surface area is 685 Å². The number of imide groups is 2. The summed E-state index contributed by atoms with van der Waals surface area (Å²) in [4.78, 5) is 203. The third-order valence-electron chi connectivity index (χ3n) is 17.5. The average Bonchev–Trinajstić information content (AvgIpc) is 1.19. The van der Waals surface area contributed by atoms with Gasteiger partial charge in [0.05, 0.1) is 42.0 Å². The Morgan fingerprint density at radius 1 is 0.479 bits per heavy atom. The smallest absolute Gasteiger partial charge is 0.429 e. The van der Waals surface area contributed by atoms with Gasteiger partial charge in [-0.25, -0.2) is 19.2 Å². The van der Waals surface area contributed by atoms with Crippen molar-refractivity contribution in [3.05, 3.63) is 187 Å². The molecule has 12 amide bonds. The van der Waals surface area contributed by atoms with E-state index in [9.17, 15) is 107 Å². The van der Waals surface area contributed by atoms with Gasteiger partial charge in [0.25, 0.3) is 40.7 Å². The molecule has 4 atom stereocenters. The van der Waals surface area contributed by atoms with Crippen LogP contribution >= 0.6 is 0 Å². The van der Waals surface area contributed by atoms with Gasteiger partial charge in [0.15, 0.2) is 11.6 Å². The number of aliphatic hydroxyl groups excluding tert-OH is 1. The number of carbonyl (C=O) groups excluding carboxylic acids is 14. The number of rotatable bonds is 43. The van der Waals surface area contributed by atoms with Gasteiger partial charge in [0.1, 0.15) is 23.9 Å².